The first-order chi connectivity index (χ1) is 11.1. The number of carbonyl (C=O) groups excluding carboxylic acids is 2. The molecule has 1 heterocycles. The average Bonchev–Trinajstić information content (AvgIpc) is 2.91. The number of benzene rings is 1. The van der Waals surface area contributed by atoms with Crippen molar-refractivity contribution >= 4 is 44.8 Å². The predicted octanol–water partition coefficient (Wildman–Crippen LogP) is 3.54. The molecule has 0 fully saturated rings. The number of methoxy groups -OCH3 is 2. The Bertz CT molecular complexity index is 748. The Labute approximate surface area is 143 Å². The zero-order valence-corrected chi connectivity index (χ0v) is 14.6. The second kappa shape index (κ2) is 7.97. The van der Waals surface area contributed by atoms with Crippen molar-refractivity contribution in [3.8, 4) is 0 Å². The van der Waals surface area contributed by atoms with Crippen molar-refractivity contribution < 1.29 is 19.1 Å². The van der Waals surface area contributed by atoms with Crippen LogP contribution in [0.4, 0.5) is 0 Å². The van der Waals surface area contributed by atoms with Crippen LogP contribution in [0.25, 0.3) is 17.0 Å². The first-order valence-corrected chi connectivity index (χ1v) is 7.96. The SMILES string of the molecule is COC(=O)/C=C/c1cn(CCCC(=O)OC)c2cccc(Br)c12. The van der Waals surface area contributed by atoms with Gasteiger partial charge in [0.1, 0.15) is 0 Å². The van der Waals surface area contributed by atoms with Crippen molar-refractivity contribution in [1.29, 1.82) is 0 Å². The molecule has 0 N–H and O–H groups in total. The lowest BCUT2D eigenvalue weighted by molar-refractivity contribution is -0.140. The maximum absolute atomic E-state index is 11.3. The van der Waals surface area contributed by atoms with Crippen LogP contribution < -0.4 is 0 Å². The highest BCUT2D eigenvalue weighted by molar-refractivity contribution is 9.10. The summed E-state index contributed by atoms with van der Waals surface area (Å²) in [6.07, 6.45) is 6.15. The van der Waals surface area contributed by atoms with Crippen molar-refractivity contribution in [2.45, 2.75) is 19.4 Å². The molecule has 0 amide bonds. The second-order valence-corrected chi connectivity index (χ2v) is 5.80. The summed E-state index contributed by atoms with van der Waals surface area (Å²) in [7, 11) is 2.74. The molecule has 6 heteroatoms. The van der Waals surface area contributed by atoms with Gasteiger partial charge in [-0.3, -0.25) is 4.79 Å². The quantitative estimate of drug-likeness (QED) is 0.568. The molecule has 0 aliphatic carbocycles. The first kappa shape index (κ1) is 17.3. The van der Waals surface area contributed by atoms with Crippen LogP contribution in [-0.4, -0.2) is 30.7 Å². The number of halogens is 1. The lowest BCUT2D eigenvalue weighted by Crippen LogP contribution is -2.03. The van der Waals surface area contributed by atoms with Crippen LogP contribution >= 0.6 is 15.9 Å². The van der Waals surface area contributed by atoms with Crippen molar-refractivity contribution in [3.05, 3.63) is 40.5 Å². The topological polar surface area (TPSA) is 57.5 Å². The average molecular weight is 380 g/mol. The third-order valence-electron chi connectivity index (χ3n) is 3.49. The maximum atomic E-state index is 11.3. The minimum absolute atomic E-state index is 0.214. The largest absolute Gasteiger partial charge is 0.469 e. The summed E-state index contributed by atoms with van der Waals surface area (Å²) < 4.78 is 12.3. The highest BCUT2D eigenvalue weighted by Crippen LogP contribution is 2.30. The fourth-order valence-corrected chi connectivity index (χ4v) is 2.96. The van der Waals surface area contributed by atoms with Gasteiger partial charge in [0.05, 0.1) is 14.2 Å². The minimum Gasteiger partial charge on any atom is -0.469 e. The Kier molecular flexibility index (Phi) is 5.98. The number of nitrogens with zero attached hydrogens (tertiary/aromatic N) is 1. The van der Waals surface area contributed by atoms with Gasteiger partial charge in [-0.1, -0.05) is 22.0 Å². The lowest BCUT2D eigenvalue weighted by Gasteiger charge is -2.05. The van der Waals surface area contributed by atoms with Crippen molar-refractivity contribution in [2.24, 2.45) is 0 Å². The molecule has 23 heavy (non-hydrogen) atoms. The highest BCUT2D eigenvalue weighted by Gasteiger charge is 2.10. The molecule has 0 atom stereocenters. The molecular formula is C17H18BrNO4. The van der Waals surface area contributed by atoms with Gasteiger partial charge in [0.25, 0.3) is 0 Å². The van der Waals surface area contributed by atoms with Crippen LogP contribution in [0.3, 0.4) is 0 Å². The van der Waals surface area contributed by atoms with E-state index in [9.17, 15) is 9.59 Å². The Morgan fingerprint density at radius 1 is 1.26 bits per heavy atom. The summed E-state index contributed by atoms with van der Waals surface area (Å²) in [4.78, 5) is 22.5. The molecule has 2 rings (SSSR count). The molecule has 0 saturated heterocycles. The Morgan fingerprint density at radius 2 is 2.04 bits per heavy atom. The lowest BCUT2D eigenvalue weighted by atomic mass is 10.1. The third-order valence-corrected chi connectivity index (χ3v) is 4.15. The van der Waals surface area contributed by atoms with Crippen molar-refractivity contribution in [3.63, 3.8) is 0 Å². The molecule has 0 aliphatic heterocycles. The summed E-state index contributed by atoms with van der Waals surface area (Å²) in [6, 6.07) is 5.92. The van der Waals surface area contributed by atoms with Crippen LogP contribution in [0, 0.1) is 0 Å². The number of aryl methyl sites for hydroxylation is 1. The Hall–Kier alpha value is -2.08. The predicted molar refractivity (Wildman–Crippen MR) is 91.9 cm³/mol. The van der Waals surface area contributed by atoms with E-state index in [-0.39, 0.29) is 5.97 Å². The number of ether oxygens (including phenoxy) is 2. The van der Waals surface area contributed by atoms with Gasteiger partial charge in [0.15, 0.2) is 0 Å². The van der Waals surface area contributed by atoms with Gasteiger partial charge in [-0.05, 0) is 24.6 Å². The number of carbonyl (C=O) groups is 2. The molecule has 0 spiro atoms. The van der Waals surface area contributed by atoms with E-state index in [4.69, 9.17) is 0 Å². The normalized spacial score (nSPS) is 11.1. The fourth-order valence-electron chi connectivity index (χ4n) is 2.37. The Balaban J connectivity index is 2.31. The molecule has 0 unspecified atom stereocenters. The van der Waals surface area contributed by atoms with Crippen molar-refractivity contribution in [1.82, 2.24) is 4.57 Å². The number of aromatic nitrogens is 1. The van der Waals surface area contributed by atoms with E-state index in [1.54, 1.807) is 6.08 Å². The van der Waals surface area contributed by atoms with Crippen molar-refractivity contribution in [2.75, 3.05) is 14.2 Å². The Morgan fingerprint density at radius 3 is 2.74 bits per heavy atom. The van der Waals surface area contributed by atoms with Gasteiger partial charge in [0.2, 0.25) is 0 Å². The molecular weight excluding hydrogens is 362 g/mol. The van der Waals surface area contributed by atoms with Crippen LogP contribution in [0.2, 0.25) is 0 Å². The molecule has 5 nitrogen and oxygen atoms in total. The zero-order valence-electron chi connectivity index (χ0n) is 13.0. The van der Waals surface area contributed by atoms with Crippen LogP contribution in [0.5, 0.6) is 0 Å². The van der Waals surface area contributed by atoms with Crippen LogP contribution in [0.1, 0.15) is 18.4 Å². The number of esters is 2. The molecule has 122 valence electrons. The zero-order chi connectivity index (χ0) is 16.8. The molecule has 2 aromatic rings. The van der Waals surface area contributed by atoms with E-state index >= 15 is 0 Å². The summed E-state index contributed by atoms with van der Waals surface area (Å²) in [5, 5.41) is 1.02. The third kappa shape index (κ3) is 4.22. The second-order valence-electron chi connectivity index (χ2n) is 4.95. The maximum Gasteiger partial charge on any atom is 0.330 e. The monoisotopic (exact) mass is 379 g/mol. The fraction of sp³-hybridized carbons (Fsp3) is 0.294. The van der Waals surface area contributed by atoms with Gasteiger partial charge in [-0.15, -0.1) is 0 Å². The smallest absolute Gasteiger partial charge is 0.330 e. The number of hydrogen-bond donors (Lipinski definition) is 0. The van der Waals surface area contributed by atoms with Gasteiger partial charge in [0, 0.05) is 46.2 Å². The molecule has 0 saturated carbocycles. The number of hydrogen-bond acceptors (Lipinski definition) is 4. The summed E-state index contributed by atoms with van der Waals surface area (Å²) in [5.41, 5.74) is 1.95. The van der Waals surface area contributed by atoms with E-state index in [0.717, 1.165) is 20.9 Å². The summed E-state index contributed by atoms with van der Waals surface area (Å²) >= 11 is 3.55. The van der Waals surface area contributed by atoms with E-state index in [0.29, 0.717) is 19.4 Å². The molecule has 0 aliphatic rings. The standard InChI is InChI=1S/C17H18BrNO4/c1-22-15(20)7-4-10-19-11-12(8-9-16(21)23-2)17-13(18)5-3-6-14(17)19/h3,5-6,8-9,11H,4,7,10H2,1-2H3/b9-8+. The number of fused-ring (bicyclic) bond motifs is 1. The van der Waals surface area contributed by atoms with Gasteiger partial charge >= 0.3 is 11.9 Å². The van der Waals surface area contributed by atoms with E-state index < -0.39 is 5.97 Å². The van der Waals surface area contributed by atoms with E-state index in [1.165, 1.54) is 20.3 Å². The highest BCUT2D eigenvalue weighted by atomic mass is 79.9. The van der Waals surface area contributed by atoms with Gasteiger partial charge in [-0.25, -0.2) is 4.79 Å². The van der Waals surface area contributed by atoms with E-state index in [2.05, 4.69) is 30.0 Å². The summed E-state index contributed by atoms with van der Waals surface area (Å²) in [6.45, 7) is 0.689. The molecule has 0 bridgehead atoms. The first-order valence-electron chi connectivity index (χ1n) is 7.17. The van der Waals surface area contributed by atoms with Crippen LogP contribution in [-0.2, 0) is 25.6 Å². The molecule has 1 aromatic heterocycles. The molecule has 1 aromatic carbocycles. The van der Waals surface area contributed by atoms with Gasteiger partial charge < -0.3 is 14.0 Å². The summed E-state index contributed by atoms with van der Waals surface area (Å²) in [5.74, 6) is -0.614. The van der Waals surface area contributed by atoms with E-state index in [1.807, 2.05) is 24.4 Å². The van der Waals surface area contributed by atoms with Gasteiger partial charge in [-0.2, -0.15) is 0 Å². The van der Waals surface area contributed by atoms with Crippen LogP contribution in [0.15, 0.2) is 34.9 Å². The number of rotatable bonds is 6. The minimum atomic E-state index is -0.399. The molecule has 0 radical (unpaired) electrons.